The number of aromatic nitrogens is 1. The van der Waals surface area contributed by atoms with Gasteiger partial charge in [-0.25, -0.2) is 0 Å². The van der Waals surface area contributed by atoms with Crippen molar-refractivity contribution in [1.29, 1.82) is 0 Å². The lowest BCUT2D eigenvalue weighted by Gasteiger charge is -2.15. The van der Waals surface area contributed by atoms with Gasteiger partial charge in [-0.2, -0.15) is 0 Å². The molecule has 3 rings (SSSR count). The number of halogens is 2. The van der Waals surface area contributed by atoms with Crippen LogP contribution in [0.3, 0.4) is 0 Å². The minimum Gasteiger partial charge on any atom is -0.352 e. The summed E-state index contributed by atoms with van der Waals surface area (Å²) in [7, 11) is 0. The maximum absolute atomic E-state index is 11.0. The van der Waals surface area contributed by atoms with E-state index in [-0.39, 0.29) is 0 Å². The number of hydrogen-bond donors (Lipinski definition) is 1. The molecule has 3 nitrogen and oxygen atoms in total. The summed E-state index contributed by atoms with van der Waals surface area (Å²) in [5, 5.41) is 4.94. The zero-order valence-electron chi connectivity index (χ0n) is 12.4. The Morgan fingerprint density at radius 1 is 1.30 bits per heavy atom. The number of carbonyl (C=O) groups is 1. The number of nitrogens with zero attached hydrogens (tertiary/aromatic N) is 1. The highest BCUT2D eigenvalue weighted by molar-refractivity contribution is 9.10. The minimum absolute atomic E-state index is 0.563. The van der Waals surface area contributed by atoms with Crippen molar-refractivity contribution in [3.8, 4) is 0 Å². The quantitative estimate of drug-likeness (QED) is 0.576. The number of aldehydes is 1. The highest BCUT2D eigenvalue weighted by Crippen LogP contribution is 2.35. The first-order valence-corrected chi connectivity index (χ1v) is 8.39. The maximum Gasteiger partial charge on any atom is 0.151 e. The van der Waals surface area contributed by atoms with Gasteiger partial charge in [0, 0.05) is 21.6 Å². The Kier molecular flexibility index (Phi) is 4.64. The summed E-state index contributed by atoms with van der Waals surface area (Å²) in [5.74, 6) is 0. The molecule has 0 bridgehead atoms. The van der Waals surface area contributed by atoms with Crippen molar-refractivity contribution in [2.75, 3.05) is 5.32 Å². The van der Waals surface area contributed by atoms with Crippen molar-refractivity contribution < 1.29 is 4.79 Å². The molecule has 0 amide bonds. The molecule has 0 saturated heterocycles. The van der Waals surface area contributed by atoms with Gasteiger partial charge in [-0.05, 0) is 46.1 Å². The fourth-order valence-electron chi connectivity index (χ4n) is 2.49. The molecule has 3 aromatic rings. The molecule has 0 unspecified atom stereocenters. The zero-order valence-corrected chi connectivity index (χ0v) is 14.8. The summed E-state index contributed by atoms with van der Waals surface area (Å²) in [4.78, 5) is 15.4. The van der Waals surface area contributed by atoms with Crippen LogP contribution in [0, 0.1) is 0 Å². The number of anilines is 2. The predicted molar refractivity (Wildman–Crippen MR) is 98.9 cm³/mol. The molecule has 5 heteroatoms. The Hall–Kier alpha value is -1.91. The van der Waals surface area contributed by atoms with Crippen molar-refractivity contribution >= 4 is 56.1 Å². The van der Waals surface area contributed by atoms with Crippen LogP contribution >= 0.6 is 27.5 Å². The third-order valence-corrected chi connectivity index (χ3v) is 4.98. The van der Waals surface area contributed by atoms with E-state index in [2.05, 4.69) is 33.2 Å². The molecule has 0 aliphatic rings. The van der Waals surface area contributed by atoms with Crippen molar-refractivity contribution in [3.63, 3.8) is 0 Å². The van der Waals surface area contributed by atoms with Crippen molar-refractivity contribution in [2.24, 2.45) is 0 Å². The van der Waals surface area contributed by atoms with Gasteiger partial charge in [0.15, 0.2) is 6.29 Å². The number of hydrogen-bond acceptors (Lipinski definition) is 3. The van der Waals surface area contributed by atoms with Crippen molar-refractivity contribution in [3.05, 3.63) is 63.2 Å². The lowest BCUT2D eigenvalue weighted by Crippen LogP contribution is -1.99. The fraction of sp³-hybridized carbons (Fsp3) is 0.111. The van der Waals surface area contributed by atoms with Crippen LogP contribution in [-0.2, 0) is 6.42 Å². The van der Waals surface area contributed by atoms with Gasteiger partial charge in [-0.15, -0.1) is 0 Å². The Bertz CT molecular complexity index is 896. The highest BCUT2D eigenvalue weighted by atomic mass is 79.9. The summed E-state index contributed by atoms with van der Waals surface area (Å²) in [6.07, 6.45) is 3.25. The number of pyridine rings is 1. The molecule has 2 aromatic carbocycles. The van der Waals surface area contributed by atoms with Crippen LogP contribution in [0.5, 0.6) is 0 Å². The van der Waals surface area contributed by atoms with E-state index in [0.29, 0.717) is 10.6 Å². The summed E-state index contributed by atoms with van der Waals surface area (Å²) in [6, 6.07) is 11.6. The molecule has 0 fully saturated rings. The van der Waals surface area contributed by atoms with Crippen LogP contribution in [0.2, 0.25) is 5.02 Å². The van der Waals surface area contributed by atoms with Crippen molar-refractivity contribution in [1.82, 2.24) is 4.98 Å². The molecule has 0 spiro atoms. The Labute approximate surface area is 147 Å². The second-order valence-electron chi connectivity index (χ2n) is 5.14. The van der Waals surface area contributed by atoms with Gasteiger partial charge in [0.25, 0.3) is 0 Å². The number of benzene rings is 2. The first kappa shape index (κ1) is 16.0. The first-order valence-electron chi connectivity index (χ1n) is 7.22. The molecular formula is C18H14BrClN2O. The Morgan fingerprint density at radius 3 is 2.87 bits per heavy atom. The van der Waals surface area contributed by atoms with Gasteiger partial charge in [-0.1, -0.05) is 36.7 Å². The topological polar surface area (TPSA) is 42.0 Å². The molecule has 0 aliphatic heterocycles. The lowest BCUT2D eigenvalue weighted by molar-refractivity contribution is 0.112. The van der Waals surface area contributed by atoms with E-state index >= 15 is 0 Å². The van der Waals surface area contributed by atoms with E-state index < -0.39 is 0 Å². The first-order chi connectivity index (χ1) is 11.1. The normalized spacial score (nSPS) is 10.7. The predicted octanol–water partition coefficient (Wildman–Crippen LogP) is 5.77. The van der Waals surface area contributed by atoms with Gasteiger partial charge in [-0.3, -0.25) is 9.78 Å². The molecule has 1 aromatic heterocycles. The summed E-state index contributed by atoms with van der Waals surface area (Å²) >= 11 is 9.80. The molecule has 1 heterocycles. The molecule has 0 radical (unpaired) electrons. The number of aryl methyl sites for hydroxylation is 1. The number of fused-ring (bicyclic) bond motifs is 1. The van der Waals surface area contributed by atoms with Crippen LogP contribution in [0.1, 0.15) is 22.8 Å². The van der Waals surface area contributed by atoms with E-state index in [1.165, 1.54) is 0 Å². The summed E-state index contributed by atoms with van der Waals surface area (Å²) < 4.78 is 0.832. The maximum atomic E-state index is 11.0. The lowest BCUT2D eigenvalue weighted by atomic mass is 10.0. The average molecular weight is 390 g/mol. The number of rotatable bonds is 4. The third kappa shape index (κ3) is 3.09. The monoisotopic (exact) mass is 388 g/mol. The molecular weight excluding hydrogens is 376 g/mol. The second-order valence-corrected chi connectivity index (χ2v) is 6.37. The van der Waals surface area contributed by atoms with E-state index in [1.807, 2.05) is 36.4 Å². The van der Waals surface area contributed by atoms with Crippen LogP contribution in [0.15, 0.2) is 47.1 Å². The zero-order chi connectivity index (χ0) is 16.4. The molecule has 1 N–H and O–H groups in total. The van der Waals surface area contributed by atoms with Gasteiger partial charge in [0.05, 0.1) is 21.9 Å². The van der Waals surface area contributed by atoms with E-state index in [1.54, 1.807) is 6.20 Å². The van der Waals surface area contributed by atoms with Crippen LogP contribution in [-0.4, -0.2) is 11.3 Å². The van der Waals surface area contributed by atoms with E-state index in [4.69, 9.17) is 11.6 Å². The SMILES string of the molecule is CCc1ccc2cc(C=O)cnc2c1Nc1cccc(Br)c1Cl. The highest BCUT2D eigenvalue weighted by Gasteiger charge is 2.11. The molecule has 116 valence electrons. The van der Waals surface area contributed by atoms with Gasteiger partial charge in [0.1, 0.15) is 0 Å². The smallest absolute Gasteiger partial charge is 0.151 e. The third-order valence-electron chi connectivity index (χ3n) is 3.69. The van der Waals surface area contributed by atoms with Gasteiger partial charge >= 0.3 is 0 Å². The molecule has 0 atom stereocenters. The average Bonchev–Trinajstić information content (AvgIpc) is 2.58. The molecule has 0 aliphatic carbocycles. The van der Waals surface area contributed by atoms with Crippen LogP contribution < -0.4 is 5.32 Å². The van der Waals surface area contributed by atoms with Gasteiger partial charge in [0.2, 0.25) is 0 Å². The van der Waals surface area contributed by atoms with Crippen molar-refractivity contribution in [2.45, 2.75) is 13.3 Å². The number of carbonyl (C=O) groups excluding carboxylic acids is 1. The van der Waals surface area contributed by atoms with Crippen LogP contribution in [0.4, 0.5) is 11.4 Å². The number of nitrogens with one attached hydrogen (secondary N) is 1. The van der Waals surface area contributed by atoms with E-state index in [0.717, 1.165) is 45.0 Å². The summed E-state index contributed by atoms with van der Waals surface area (Å²) in [5.41, 5.74) is 4.26. The molecule has 0 saturated carbocycles. The standard InChI is InChI=1S/C18H14BrClN2O/c1-2-12-6-7-13-8-11(10-23)9-21-17(13)18(12)22-15-5-3-4-14(19)16(15)20/h3-10,22H,2H2,1H3. The van der Waals surface area contributed by atoms with Gasteiger partial charge < -0.3 is 5.32 Å². The second kappa shape index (κ2) is 6.69. The van der Waals surface area contributed by atoms with Crippen LogP contribution in [0.25, 0.3) is 10.9 Å². The fourth-order valence-corrected chi connectivity index (χ4v) is 3.03. The molecule has 23 heavy (non-hydrogen) atoms. The minimum atomic E-state index is 0.563. The van der Waals surface area contributed by atoms with E-state index in [9.17, 15) is 4.79 Å². The largest absolute Gasteiger partial charge is 0.352 e. The Balaban J connectivity index is 2.18. The Morgan fingerprint density at radius 2 is 2.13 bits per heavy atom. The summed E-state index contributed by atoms with van der Waals surface area (Å²) in [6.45, 7) is 2.09.